The molecule has 1 aromatic heterocycles. The number of ether oxygens (including phenoxy) is 1. The van der Waals surface area contributed by atoms with Gasteiger partial charge in [0.05, 0.1) is 7.11 Å². The van der Waals surface area contributed by atoms with Crippen molar-refractivity contribution >= 4 is 29.1 Å². The number of hydrogen-bond donors (Lipinski definition) is 0. The monoisotopic (exact) mass is 266 g/mol. The van der Waals surface area contributed by atoms with Crippen molar-refractivity contribution in [3.05, 3.63) is 35.5 Å². The number of carbonyl (C=O) groups is 1. The number of nitrogens with zero attached hydrogens (tertiary/aromatic N) is 2. The Morgan fingerprint density at radius 2 is 2.06 bits per heavy atom. The van der Waals surface area contributed by atoms with Crippen LogP contribution in [0.15, 0.2) is 28.5 Å². The summed E-state index contributed by atoms with van der Waals surface area (Å²) < 4.78 is 9.68. The van der Waals surface area contributed by atoms with Crippen LogP contribution < -0.4 is 4.74 Å². The van der Waals surface area contributed by atoms with Crippen molar-refractivity contribution in [3.8, 4) is 5.75 Å². The summed E-state index contributed by atoms with van der Waals surface area (Å²) in [5.74, 6) is 0.619. The van der Waals surface area contributed by atoms with Crippen molar-refractivity contribution in [3.63, 3.8) is 0 Å². The highest BCUT2D eigenvalue weighted by molar-refractivity contribution is 8.00. The number of rotatable bonds is 4. The van der Waals surface area contributed by atoms with E-state index in [-0.39, 0.29) is 5.78 Å². The van der Waals surface area contributed by atoms with E-state index in [0.29, 0.717) is 11.3 Å². The van der Waals surface area contributed by atoms with Gasteiger partial charge < -0.3 is 4.74 Å². The van der Waals surface area contributed by atoms with Gasteiger partial charge in [-0.25, -0.2) is 0 Å². The molecule has 4 nitrogen and oxygen atoms in total. The molecule has 1 aromatic carbocycles. The van der Waals surface area contributed by atoms with Gasteiger partial charge in [-0.15, -0.1) is 16.9 Å². The van der Waals surface area contributed by atoms with Crippen LogP contribution in [-0.2, 0) is 0 Å². The molecule has 17 heavy (non-hydrogen) atoms. The Bertz CT molecular complexity index is 523. The molecule has 0 spiro atoms. The van der Waals surface area contributed by atoms with Crippen LogP contribution in [0.4, 0.5) is 0 Å². The first-order chi connectivity index (χ1) is 8.26. The van der Waals surface area contributed by atoms with Crippen molar-refractivity contribution in [2.24, 2.45) is 0 Å². The SMILES string of the molecule is COc1ccc(C(=O)c2nnsc2SC)cc1. The zero-order chi connectivity index (χ0) is 12.3. The fourth-order valence-corrected chi connectivity index (χ4v) is 2.48. The topological polar surface area (TPSA) is 52.1 Å². The van der Waals surface area contributed by atoms with Gasteiger partial charge in [-0.2, -0.15) is 0 Å². The lowest BCUT2D eigenvalue weighted by Crippen LogP contribution is -2.03. The molecule has 0 atom stereocenters. The molecule has 0 saturated heterocycles. The molecule has 0 bridgehead atoms. The lowest BCUT2D eigenvalue weighted by atomic mass is 10.1. The first kappa shape index (κ1) is 12.1. The van der Waals surface area contributed by atoms with E-state index in [4.69, 9.17) is 4.74 Å². The fraction of sp³-hybridized carbons (Fsp3) is 0.182. The minimum atomic E-state index is -0.106. The Morgan fingerprint density at radius 1 is 1.35 bits per heavy atom. The zero-order valence-electron chi connectivity index (χ0n) is 9.34. The molecule has 0 aliphatic carbocycles. The van der Waals surface area contributed by atoms with Crippen LogP contribution in [-0.4, -0.2) is 28.7 Å². The molecule has 0 fully saturated rings. The van der Waals surface area contributed by atoms with E-state index in [1.165, 1.54) is 23.3 Å². The van der Waals surface area contributed by atoms with Gasteiger partial charge in [-0.05, 0) is 42.1 Å². The van der Waals surface area contributed by atoms with Crippen molar-refractivity contribution in [2.75, 3.05) is 13.4 Å². The third-order valence-corrected chi connectivity index (χ3v) is 4.02. The van der Waals surface area contributed by atoms with Crippen LogP contribution >= 0.6 is 23.3 Å². The van der Waals surface area contributed by atoms with Crippen LogP contribution in [0, 0.1) is 0 Å². The third kappa shape index (κ3) is 2.48. The smallest absolute Gasteiger partial charge is 0.215 e. The fourth-order valence-electron chi connectivity index (χ4n) is 1.33. The number of carbonyl (C=O) groups excluding carboxylic acids is 1. The molecule has 1 heterocycles. The lowest BCUT2D eigenvalue weighted by molar-refractivity contribution is 0.103. The summed E-state index contributed by atoms with van der Waals surface area (Å²) in [6.45, 7) is 0. The maximum Gasteiger partial charge on any atom is 0.215 e. The molecule has 0 saturated carbocycles. The summed E-state index contributed by atoms with van der Waals surface area (Å²) in [6.07, 6.45) is 1.90. The van der Waals surface area contributed by atoms with Crippen LogP contribution in [0.25, 0.3) is 0 Å². The van der Waals surface area contributed by atoms with Crippen molar-refractivity contribution < 1.29 is 9.53 Å². The highest BCUT2D eigenvalue weighted by Crippen LogP contribution is 2.25. The zero-order valence-corrected chi connectivity index (χ0v) is 11.0. The van der Waals surface area contributed by atoms with Crippen LogP contribution in [0.1, 0.15) is 16.1 Å². The van der Waals surface area contributed by atoms with E-state index in [1.807, 2.05) is 6.26 Å². The summed E-state index contributed by atoms with van der Waals surface area (Å²) in [7, 11) is 1.59. The Labute approximate surface area is 107 Å². The highest BCUT2D eigenvalue weighted by Gasteiger charge is 2.17. The second-order valence-electron chi connectivity index (χ2n) is 3.17. The van der Waals surface area contributed by atoms with Crippen molar-refractivity contribution in [1.82, 2.24) is 9.59 Å². The standard InChI is InChI=1S/C11H10N2O2S2/c1-15-8-5-3-7(4-6-8)10(14)9-11(16-2)17-13-12-9/h3-6H,1-2H3. The Balaban J connectivity index is 2.30. The second kappa shape index (κ2) is 5.29. The van der Waals surface area contributed by atoms with E-state index >= 15 is 0 Å². The van der Waals surface area contributed by atoms with E-state index < -0.39 is 0 Å². The lowest BCUT2D eigenvalue weighted by Gasteiger charge is -2.01. The average Bonchev–Trinajstić information content (AvgIpc) is 2.86. The Morgan fingerprint density at radius 3 is 2.65 bits per heavy atom. The molecular formula is C11H10N2O2S2. The Hall–Kier alpha value is -1.40. The summed E-state index contributed by atoms with van der Waals surface area (Å²) in [6, 6.07) is 6.97. The normalized spacial score (nSPS) is 10.2. The molecule has 6 heteroatoms. The van der Waals surface area contributed by atoms with E-state index in [1.54, 1.807) is 31.4 Å². The van der Waals surface area contributed by atoms with Gasteiger partial charge in [0.1, 0.15) is 9.96 Å². The molecule has 2 aromatic rings. The minimum absolute atomic E-state index is 0.106. The first-order valence-electron chi connectivity index (χ1n) is 4.81. The van der Waals surface area contributed by atoms with Gasteiger partial charge in [0, 0.05) is 5.56 Å². The van der Waals surface area contributed by atoms with E-state index in [9.17, 15) is 4.79 Å². The highest BCUT2D eigenvalue weighted by atomic mass is 32.2. The van der Waals surface area contributed by atoms with Crippen LogP contribution in [0.5, 0.6) is 5.75 Å². The summed E-state index contributed by atoms with van der Waals surface area (Å²) in [5.41, 5.74) is 1.02. The van der Waals surface area contributed by atoms with Gasteiger partial charge in [0.15, 0.2) is 5.69 Å². The quantitative estimate of drug-likeness (QED) is 0.628. The molecule has 2 rings (SSSR count). The number of ketones is 1. The number of methoxy groups -OCH3 is 1. The van der Waals surface area contributed by atoms with E-state index in [0.717, 1.165) is 9.96 Å². The predicted octanol–water partition coefficient (Wildman–Crippen LogP) is 2.50. The van der Waals surface area contributed by atoms with Crippen molar-refractivity contribution in [1.29, 1.82) is 0 Å². The molecule has 0 aliphatic rings. The van der Waals surface area contributed by atoms with Crippen LogP contribution in [0.3, 0.4) is 0 Å². The van der Waals surface area contributed by atoms with Crippen LogP contribution in [0.2, 0.25) is 0 Å². The van der Waals surface area contributed by atoms with E-state index in [2.05, 4.69) is 9.59 Å². The van der Waals surface area contributed by atoms with Gasteiger partial charge in [-0.1, -0.05) is 4.49 Å². The third-order valence-electron chi connectivity index (χ3n) is 2.21. The maximum atomic E-state index is 12.1. The Kier molecular flexibility index (Phi) is 3.75. The number of benzene rings is 1. The van der Waals surface area contributed by atoms with Crippen molar-refractivity contribution in [2.45, 2.75) is 4.21 Å². The summed E-state index contributed by atoms with van der Waals surface area (Å²) >= 11 is 2.72. The average molecular weight is 266 g/mol. The first-order valence-corrected chi connectivity index (χ1v) is 6.81. The largest absolute Gasteiger partial charge is 0.497 e. The summed E-state index contributed by atoms with van der Waals surface area (Å²) in [5, 5.41) is 3.87. The molecular weight excluding hydrogens is 256 g/mol. The second-order valence-corrected chi connectivity index (χ2v) is 5.00. The number of aromatic nitrogens is 2. The number of thioether (sulfide) groups is 1. The molecule has 0 radical (unpaired) electrons. The molecule has 0 N–H and O–H groups in total. The van der Waals surface area contributed by atoms with Gasteiger partial charge in [0.2, 0.25) is 5.78 Å². The molecule has 0 amide bonds. The molecule has 0 unspecified atom stereocenters. The molecule has 88 valence electrons. The maximum absolute atomic E-state index is 12.1. The number of hydrogen-bond acceptors (Lipinski definition) is 6. The summed E-state index contributed by atoms with van der Waals surface area (Å²) in [4.78, 5) is 12.1. The van der Waals surface area contributed by atoms with Gasteiger partial charge >= 0.3 is 0 Å². The molecule has 0 aliphatic heterocycles. The predicted molar refractivity (Wildman–Crippen MR) is 68.1 cm³/mol. The van der Waals surface area contributed by atoms with Gasteiger partial charge in [0.25, 0.3) is 0 Å². The minimum Gasteiger partial charge on any atom is -0.497 e. The van der Waals surface area contributed by atoms with Gasteiger partial charge in [-0.3, -0.25) is 4.79 Å².